The molecular formula is C8H13N5O. The fourth-order valence-electron chi connectivity index (χ4n) is 1.54. The second-order valence-corrected chi connectivity index (χ2v) is 3.35. The lowest BCUT2D eigenvalue weighted by Gasteiger charge is -2.23. The molecule has 1 aromatic rings. The van der Waals surface area contributed by atoms with Crippen molar-refractivity contribution >= 4 is 5.91 Å². The molecule has 0 aliphatic carbocycles. The number of hydrogen-bond acceptors (Lipinski definition) is 4. The largest absolute Gasteiger partial charge is 0.345 e. The van der Waals surface area contributed by atoms with Gasteiger partial charge in [0.15, 0.2) is 0 Å². The Hall–Kier alpha value is -1.43. The van der Waals surface area contributed by atoms with E-state index >= 15 is 0 Å². The molecule has 1 saturated heterocycles. The van der Waals surface area contributed by atoms with Gasteiger partial charge in [-0.1, -0.05) is 0 Å². The molecule has 0 aromatic carbocycles. The van der Waals surface area contributed by atoms with Crippen molar-refractivity contribution in [1.29, 1.82) is 0 Å². The summed E-state index contributed by atoms with van der Waals surface area (Å²) in [5.41, 5.74) is 0. The van der Waals surface area contributed by atoms with Crippen molar-refractivity contribution in [3.8, 4) is 0 Å². The molecule has 1 aliphatic heterocycles. The number of H-pyrrole nitrogens is 1. The van der Waals surface area contributed by atoms with Crippen LogP contribution < -0.4 is 10.6 Å². The highest BCUT2D eigenvalue weighted by Crippen LogP contribution is 2.01. The topological polar surface area (TPSA) is 82.7 Å². The van der Waals surface area contributed by atoms with Crippen LogP contribution in [0.4, 0.5) is 0 Å². The number of aromatic nitrogens is 3. The van der Waals surface area contributed by atoms with Gasteiger partial charge >= 0.3 is 0 Å². The Labute approximate surface area is 81.5 Å². The molecule has 14 heavy (non-hydrogen) atoms. The van der Waals surface area contributed by atoms with Crippen LogP contribution in [0.25, 0.3) is 0 Å². The van der Waals surface area contributed by atoms with Crippen LogP contribution in [0.3, 0.4) is 0 Å². The van der Waals surface area contributed by atoms with Crippen molar-refractivity contribution in [2.24, 2.45) is 0 Å². The lowest BCUT2D eigenvalue weighted by molar-refractivity contribution is 0.0920. The minimum Gasteiger partial charge on any atom is -0.345 e. The Morgan fingerprint density at radius 3 is 3.21 bits per heavy atom. The highest BCUT2D eigenvalue weighted by molar-refractivity contribution is 5.90. The SMILES string of the molecule is O=C(NC1CCCNC1)c1ncn[nH]1. The van der Waals surface area contributed by atoms with Gasteiger partial charge in [0.1, 0.15) is 6.33 Å². The number of carbonyl (C=O) groups is 1. The third-order valence-electron chi connectivity index (χ3n) is 2.26. The normalized spacial score (nSPS) is 21.9. The van der Waals surface area contributed by atoms with Crippen molar-refractivity contribution in [3.63, 3.8) is 0 Å². The van der Waals surface area contributed by atoms with Gasteiger partial charge in [-0.2, -0.15) is 5.10 Å². The fourth-order valence-corrected chi connectivity index (χ4v) is 1.54. The number of aromatic amines is 1. The minimum atomic E-state index is -0.184. The van der Waals surface area contributed by atoms with Gasteiger partial charge in [-0.15, -0.1) is 0 Å². The molecular weight excluding hydrogens is 182 g/mol. The van der Waals surface area contributed by atoms with Crippen LogP contribution in [0.2, 0.25) is 0 Å². The standard InChI is InChI=1S/C8H13N5O/c14-8(7-10-5-11-13-7)12-6-2-1-3-9-4-6/h5-6,9H,1-4H2,(H,12,14)(H,10,11,13). The lowest BCUT2D eigenvalue weighted by atomic mass is 10.1. The Morgan fingerprint density at radius 1 is 1.64 bits per heavy atom. The molecule has 0 spiro atoms. The number of nitrogens with one attached hydrogen (secondary N) is 3. The monoisotopic (exact) mass is 195 g/mol. The summed E-state index contributed by atoms with van der Waals surface area (Å²) in [4.78, 5) is 15.3. The smallest absolute Gasteiger partial charge is 0.288 e. The van der Waals surface area contributed by atoms with E-state index in [0.29, 0.717) is 0 Å². The summed E-state index contributed by atoms with van der Waals surface area (Å²) in [5, 5.41) is 12.3. The van der Waals surface area contributed by atoms with Crippen LogP contribution in [-0.2, 0) is 0 Å². The third-order valence-corrected chi connectivity index (χ3v) is 2.26. The van der Waals surface area contributed by atoms with E-state index in [4.69, 9.17) is 0 Å². The first-order valence-electron chi connectivity index (χ1n) is 4.73. The maximum atomic E-state index is 11.5. The average Bonchev–Trinajstić information content (AvgIpc) is 2.72. The first kappa shape index (κ1) is 9.14. The zero-order chi connectivity index (χ0) is 9.80. The van der Waals surface area contributed by atoms with E-state index in [1.165, 1.54) is 6.33 Å². The number of carbonyl (C=O) groups excluding carboxylic acids is 1. The van der Waals surface area contributed by atoms with E-state index in [-0.39, 0.29) is 17.8 Å². The van der Waals surface area contributed by atoms with Gasteiger partial charge in [0.05, 0.1) is 0 Å². The summed E-state index contributed by atoms with van der Waals surface area (Å²) in [5.74, 6) is 0.0896. The van der Waals surface area contributed by atoms with E-state index in [9.17, 15) is 4.79 Å². The minimum absolute atomic E-state index is 0.184. The summed E-state index contributed by atoms with van der Waals surface area (Å²) in [7, 11) is 0. The molecule has 1 aromatic heterocycles. The van der Waals surface area contributed by atoms with Crippen LogP contribution in [-0.4, -0.2) is 40.2 Å². The third kappa shape index (κ3) is 2.08. The Bertz CT molecular complexity index is 291. The molecule has 1 amide bonds. The predicted molar refractivity (Wildman–Crippen MR) is 49.7 cm³/mol. The molecule has 0 bridgehead atoms. The summed E-state index contributed by atoms with van der Waals surface area (Å²) in [6.07, 6.45) is 3.45. The van der Waals surface area contributed by atoms with Crippen molar-refractivity contribution in [3.05, 3.63) is 12.2 Å². The van der Waals surface area contributed by atoms with Gasteiger partial charge in [0.25, 0.3) is 5.91 Å². The molecule has 6 nitrogen and oxygen atoms in total. The first-order chi connectivity index (χ1) is 6.86. The van der Waals surface area contributed by atoms with E-state index in [1.807, 2.05) is 0 Å². The first-order valence-corrected chi connectivity index (χ1v) is 4.73. The van der Waals surface area contributed by atoms with Crippen molar-refractivity contribution < 1.29 is 4.79 Å². The molecule has 0 radical (unpaired) electrons. The fraction of sp³-hybridized carbons (Fsp3) is 0.625. The highest BCUT2D eigenvalue weighted by Gasteiger charge is 2.17. The van der Waals surface area contributed by atoms with Crippen molar-refractivity contribution in [2.45, 2.75) is 18.9 Å². The zero-order valence-electron chi connectivity index (χ0n) is 7.79. The Kier molecular flexibility index (Phi) is 2.73. The number of rotatable bonds is 2. The van der Waals surface area contributed by atoms with Crippen molar-refractivity contribution in [1.82, 2.24) is 25.8 Å². The zero-order valence-corrected chi connectivity index (χ0v) is 7.79. The molecule has 6 heteroatoms. The molecule has 3 N–H and O–H groups in total. The van der Waals surface area contributed by atoms with E-state index in [2.05, 4.69) is 25.8 Å². The maximum Gasteiger partial charge on any atom is 0.288 e. The van der Waals surface area contributed by atoms with Gasteiger partial charge in [-0.3, -0.25) is 9.89 Å². The molecule has 2 heterocycles. The maximum absolute atomic E-state index is 11.5. The summed E-state index contributed by atoms with van der Waals surface area (Å²) >= 11 is 0. The molecule has 1 fully saturated rings. The molecule has 1 unspecified atom stereocenters. The Morgan fingerprint density at radius 2 is 2.57 bits per heavy atom. The number of nitrogens with zero attached hydrogens (tertiary/aromatic N) is 2. The quantitative estimate of drug-likeness (QED) is 0.582. The summed E-state index contributed by atoms with van der Waals surface area (Å²) in [6.45, 7) is 1.87. The Balaban J connectivity index is 1.87. The van der Waals surface area contributed by atoms with Crippen LogP contribution in [0, 0.1) is 0 Å². The van der Waals surface area contributed by atoms with Crippen molar-refractivity contribution in [2.75, 3.05) is 13.1 Å². The molecule has 1 aliphatic rings. The number of piperidine rings is 1. The number of hydrogen-bond donors (Lipinski definition) is 3. The van der Waals surface area contributed by atoms with E-state index < -0.39 is 0 Å². The van der Waals surface area contributed by atoms with Crippen LogP contribution in [0.1, 0.15) is 23.5 Å². The second-order valence-electron chi connectivity index (χ2n) is 3.35. The lowest BCUT2D eigenvalue weighted by Crippen LogP contribution is -2.45. The van der Waals surface area contributed by atoms with E-state index in [0.717, 1.165) is 25.9 Å². The van der Waals surface area contributed by atoms with Gasteiger partial charge in [0, 0.05) is 12.6 Å². The second kappa shape index (κ2) is 4.19. The molecule has 1 atom stereocenters. The number of amides is 1. The van der Waals surface area contributed by atoms with Gasteiger partial charge < -0.3 is 10.6 Å². The average molecular weight is 195 g/mol. The van der Waals surface area contributed by atoms with Crippen LogP contribution >= 0.6 is 0 Å². The van der Waals surface area contributed by atoms with Gasteiger partial charge in [0.2, 0.25) is 5.82 Å². The molecule has 0 saturated carbocycles. The summed E-state index contributed by atoms with van der Waals surface area (Å²) < 4.78 is 0. The predicted octanol–water partition coefficient (Wildman–Crippen LogP) is -0.713. The van der Waals surface area contributed by atoms with Gasteiger partial charge in [-0.05, 0) is 19.4 Å². The summed E-state index contributed by atoms with van der Waals surface area (Å²) in [6, 6.07) is 0.210. The molecule has 2 rings (SSSR count). The molecule has 76 valence electrons. The van der Waals surface area contributed by atoms with E-state index in [1.54, 1.807) is 0 Å². The van der Waals surface area contributed by atoms with Gasteiger partial charge in [-0.25, -0.2) is 4.98 Å². The highest BCUT2D eigenvalue weighted by atomic mass is 16.2. The van der Waals surface area contributed by atoms with Crippen LogP contribution in [0.15, 0.2) is 6.33 Å². The van der Waals surface area contributed by atoms with Crippen LogP contribution in [0.5, 0.6) is 0 Å².